The summed E-state index contributed by atoms with van der Waals surface area (Å²) in [5, 5.41) is 0. The number of Topliss-reactive ketones (excluding diaryl/α,β-unsaturated/α-hetero) is 1. The Kier molecular flexibility index (Phi) is 7.25. The van der Waals surface area contributed by atoms with Gasteiger partial charge in [0, 0.05) is 5.56 Å². The Hall–Kier alpha value is -3.07. The van der Waals surface area contributed by atoms with Crippen LogP contribution in [0, 0.1) is 0 Å². The Labute approximate surface area is 166 Å². The van der Waals surface area contributed by atoms with E-state index in [4.69, 9.17) is 9.47 Å². The summed E-state index contributed by atoms with van der Waals surface area (Å²) in [7, 11) is 0. The van der Waals surface area contributed by atoms with Gasteiger partial charge in [0.2, 0.25) is 0 Å². The van der Waals surface area contributed by atoms with E-state index in [1.165, 1.54) is 0 Å². The van der Waals surface area contributed by atoms with Crippen LogP contribution in [-0.2, 0) is 0 Å². The zero-order valence-electron chi connectivity index (χ0n) is 16.3. The number of carbonyl (C=O) groups excluding carboxylic acids is 1. The Balaban J connectivity index is 1.36. The zero-order valence-corrected chi connectivity index (χ0v) is 16.3. The average Bonchev–Trinajstić information content (AvgIpc) is 2.74. The second kappa shape index (κ2) is 10.3. The lowest BCUT2D eigenvalue weighted by Gasteiger charge is -2.08. The summed E-state index contributed by atoms with van der Waals surface area (Å²) in [6, 6.07) is 25.7. The van der Waals surface area contributed by atoms with Gasteiger partial charge >= 0.3 is 0 Å². The molecule has 0 atom stereocenters. The molecule has 0 aliphatic rings. The molecule has 0 spiro atoms. The van der Waals surface area contributed by atoms with E-state index in [0.29, 0.717) is 6.61 Å². The molecular formula is C25H26O3. The molecule has 3 rings (SSSR count). The minimum atomic E-state index is 0.0851. The number of ether oxygens (including phenoxy) is 2. The molecule has 0 radical (unpaired) electrons. The van der Waals surface area contributed by atoms with Crippen LogP contribution in [0.5, 0.6) is 11.5 Å². The van der Waals surface area contributed by atoms with Crippen molar-refractivity contribution in [1.82, 2.24) is 0 Å². The molecule has 28 heavy (non-hydrogen) atoms. The van der Waals surface area contributed by atoms with Crippen molar-refractivity contribution in [3.63, 3.8) is 0 Å². The molecule has 3 nitrogen and oxygen atoms in total. The lowest BCUT2D eigenvalue weighted by atomic mass is 10.0. The number of carbonyl (C=O) groups is 1. The van der Waals surface area contributed by atoms with Crippen molar-refractivity contribution in [2.24, 2.45) is 0 Å². The first-order valence-corrected chi connectivity index (χ1v) is 9.74. The smallest absolute Gasteiger partial charge is 0.159 e. The third-order valence-corrected chi connectivity index (χ3v) is 4.55. The fourth-order valence-corrected chi connectivity index (χ4v) is 2.92. The molecule has 0 saturated heterocycles. The van der Waals surface area contributed by atoms with Gasteiger partial charge in [0.1, 0.15) is 11.5 Å². The normalized spacial score (nSPS) is 10.5. The third kappa shape index (κ3) is 5.98. The van der Waals surface area contributed by atoms with Gasteiger partial charge < -0.3 is 9.47 Å². The van der Waals surface area contributed by atoms with E-state index in [2.05, 4.69) is 0 Å². The predicted molar refractivity (Wildman–Crippen MR) is 113 cm³/mol. The van der Waals surface area contributed by atoms with Gasteiger partial charge in [-0.1, -0.05) is 54.6 Å². The van der Waals surface area contributed by atoms with E-state index in [0.717, 1.165) is 54.1 Å². The van der Waals surface area contributed by atoms with Crippen LogP contribution in [0.15, 0.2) is 78.9 Å². The third-order valence-electron chi connectivity index (χ3n) is 4.55. The van der Waals surface area contributed by atoms with Gasteiger partial charge in [-0.05, 0) is 61.6 Å². The van der Waals surface area contributed by atoms with E-state index in [1.807, 2.05) is 78.9 Å². The fraction of sp³-hybridized carbons (Fsp3) is 0.240. The SMILES string of the molecule is CC(=O)c1ccc(-c2ccc(OCCCCCOc3ccccc3)cc2)cc1. The lowest BCUT2D eigenvalue weighted by Crippen LogP contribution is -2.00. The highest BCUT2D eigenvalue weighted by molar-refractivity contribution is 5.94. The quantitative estimate of drug-likeness (QED) is 0.314. The zero-order chi connectivity index (χ0) is 19.6. The van der Waals surface area contributed by atoms with Crippen molar-refractivity contribution in [2.45, 2.75) is 26.2 Å². The van der Waals surface area contributed by atoms with E-state index < -0.39 is 0 Å². The number of unbranched alkanes of at least 4 members (excludes halogenated alkanes) is 2. The number of benzene rings is 3. The van der Waals surface area contributed by atoms with Crippen LogP contribution in [0.2, 0.25) is 0 Å². The van der Waals surface area contributed by atoms with Crippen molar-refractivity contribution < 1.29 is 14.3 Å². The average molecular weight is 374 g/mol. The number of rotatable bonds is 10. The van der Waals surface area contributed by atoms with Gasteiger partial charge in [0.15, 0.2) is 5.78 Å². The van der Waals surface area contributed by atoms with E-state index in [9.17, 15) is 4.79 Å². The van der Waals surface area contributed by atoms with Crippen LogP contribution < -0.4 is 9.47 Å². The molecule has 0 unspecified atom stereocenters. The maximum atomic E-state index is 11.4. The summed E-state index contributed by atoms with van der Waals surface area (Å²) in [6.07, 6.45) is 3.10. The minimum Gasteiger partial charge on any atom is -0.494 e. The van der Waals surface area contributed by atoms with Crippen LogP contribution in [0.4, 0.5) is 0 Å². The summed E-state index contributed by atoms with van der Waals surface area (Å²) in [4.78, 5) is 11.4. The number of hydrogen-bond acceptors (Lipinski definition) is 3. The Bertz CT molecular complexity index is 853. The molecule has 0 amide bonds. The molecule has 3 heteroatoms. The first kappa shape index (κ1) is 19.7. The molecule has 0 fully saturated rings. The van der Waals surface area contributed by atoms with Gasteiger partial charge in [-0.2, -0.15) is 0 Å². The molecule has 0 heterocycles. The first-order valence-electron chi connectivity index (χ1n) is 9.74. The summed E-state index contributed by atoms with van der Waals surface area (Å²) in [5.41, 5.74) is 2.94. The number of para-hydroxylation sites is 1. The highest BCUT2D eigenvalue weighted by Crippen LogP contribution is 2.23. The Morgan fingerprint density at radius 1 is 0.643 bits per heavy atom. The van der Waals surface area contributed by atoms with E-state index >= 15 is 0 Å². The molecule has 3 aromatic rings. The molecule has 0 aliphatic carbocycles. The Morgan fingerprint density at radius 2 is 1.14 bits per heavy atom. The first-order chi connectivity index (χ1) is 13.7. The van der Waals surface area contributed by atoms with Crippen LogP contribution in [0.3, 0.4) is 0 Å². The van der Waals surface area contributed by atoms with Crippen molar-refractivity contribution in [1.29, 1.82) is 0 Å². The second-order valence-corrected chi connectivity index (χ2v) is 6.73. The van der Waals surface area contributed by atoms with Gasteiger partial charge in [-0.15, -0.1) is 0 Å². The summed E-state index contributed by atoms with van der Waals surface area (Å²) >= 11 is 0. The summed E-state index contributed by atoms with van der Waals surface area (Å²) in [6.45, 7) is 3.02. The highest BCUT2D eigenvalue weighted by Gasteiger charge is 2.02. The number of ketones is 1. The molecule has 0 N–H and O–H groups in total. The molecule has 0 aliphatic heterocycles. The predicted octanol–water partition coefficient (Wildman–Crippen LogP) is 6.18. The standard InChI is InChI=1S/C25H26O3/c1-20(26)21-10-12-22(13-11-21)23-14-16-25(17-15-23)28-19-7-3-6-18-27-24-8-4-2-5-9-24/h2,4-5,8-17H,3,6-7,18-19H2,1H3. The van der Waals surface area contributed by atoms with Crippen molar-refractivity contribution in [2.75, 3.05) is 13.2 Å². The van der Waals surface area contributed by atoms with Crippen LogP contribution in [-0.4, -0.2) is 19.0 Å². The minimum absolute atomic E-state index is 0.0851. The van der Waals surface area contributed by atoms with Crippen molar-refractivity contribution in [3.05, 3.63) is 84.4 Å². The van der Waals surface area contributed by atoms with E-state index in [-0.39, 0.29) is 5.78 Å². The van der Waals surface area contributed by atoms with Gasteiger partial charge in [-0.3, -0.25) is 4.79 Å². The van der Waals surface area contributed by atoms with Crippen LogP contribution >= 0.6 is 0 Å². The monoisotopic (exact) mass is 374 g/mol. The molecular weight excluding hydrogens is 348 g/mol. The molecule has 0 bridgehead atoms. The highest BCUT2D eigenvalue weighted by atomic mass is 16.5. The summed E-state index contributed by atoms with van der Waals surface area (Å²) < 4.78 is 11.5. The van der Waals surface area contributed by atoms with Gasteiger partial charge in [0.05, 0.1) is 13.2 Å². The van der Waals surface area contributed by atoms with Crippen molar-refractivity contribution >= 4 is 5.78 Å². The molecule has 3 aromatic carbocycles. The fourth-order valence-electron chi connectivity index (χ4n) is 2.92. The number of hydrogen-bond donors (Lipinski definition) is 0. The second-order valence-electron chi connectivity index (χ2n) is 6.73. The van der Waals surface area contributed by atoms with Crippen molar-refractivity contribution in [3.8, 4) is 22.6 Å². The van der Waals surface area contributed by atoms with Gasteiger partial charge in [-0.25, -0.2) is 0 Å². The maximum Gasteiger partial charge on any atom is 0.159 e. The molecule has 0 saturated carbocycles. The molecule has 0 aromatic heterocycles. The van der Waals surface area contributed by atoms with E-state index in [1.54, 1.807) is 6.92 Å². The largest absolute Gasteiger partial charge is 0.494 e. The maximum absolute atomic E-state index is 11.4. The van der Waals surface area contributed by atoms with Crippen LogP contribution in [0.1, 0.15) is 36.5 Å². The summed E-state index contributed by atoms with van der Waals surface area (Å²) in [5.74, 6) is 1.89. The van der Waals surface area contributed by atoms with Gasteiger partial charge in [0.25, 0.3) is 0 Å². The molecule has 144 valence electrons. The topological polar surface area (TPSA) is 35.5 Å². The Morgan fingerprint density at radius 3 is 1.68 bits per heavy atom. The lowest BCUT2D eigenvalue weighted by molar-refractivity contribution is 0.101. The van der Waals surface area contributed by atoms with Crippen LogP contribution in [0.25, 0.3) is 11.1 Å².